The van der Waals surface area contributed by atoms with Gasteiger partial charge in [0.1, 0.15) is 6.79 Å². The van der Waals surface area contributed by atoms with Gasteiger partial charge in [-0.1, -0.05) is 41.5 Å². The van der Waals surface area contributed by atoms with Crippen molar-refractivity contribution in [3.05, 3.63) is 0 Å². The molecule has 2 aliphatic carbocycles. The van der Waals surface area contributed by atoms with Gasteiger partial charge in [0.25, 0.3) is 0 Å². The molecule has 0 spiro atoms. The van der Waals surface area contributed by atoms with E-state index < -0.39 is 8.32 Å². The number of hydrogen-bond donors (Lipinski definition) is 1. The van der Waals surface area contributed by atoms with Crippen LogP contribution >= 0.6 is 0 Å². The summed E-state index contributed by atoms with van der Waals surface area (Å²) >= 11 is 0. The number of aliphatic hydroxyl groups excluding tert-OH is 1. The lowest BCUT2D eigenvalue weighted by atomic mass is 9.45. The van der Waals surface area contributed by atoms with Crippen LogP contribution in [-0.2, 0) is 18.6 Å². The van der Waals surface area contributed by atoms with Gasteiger partial charge in [-0.15, -0.1) is 0 Å². The summed E-state index contributed by atoms with van der Waals surface area (Å²) in [6.07, 6.45) is 4.40. The maximum Gasteiger partial charge on any atom is 0.192 e. The van der Waals surface area contributed by atoms with Crippen LogP contribution in [0.2, 0.25) is 18.1 Å². The summed E-state index contributed by atoms with van der Waals surface area (Å²) in [5.41, 5.74) is -0.298. The highest BCUT2D eigenvalue weighted by molar-refractivity contribution is 6.74. The van der Waals surface area contributed by atoms with Crippen LogP contribution in [0.1, 0.15) is 74.1 Å². The van der Waals surface area contributed by atoms with Gasteiger partial charge in [-0.05, 0) is 67.5 Å². The summed E-state index contributed by atoms with van der Waals surface area (Å²) in [5.74, 6) is 0.574. The van der Waals surface area contributed by atoms with E-state index in [1.807, 2.05) is 0 Å². The molecule has 2 fully saturated rings. The molecule has 2 rings (SSSR count). The first kappa shape index (κ1) is 27.3. The largest absolute Gasteiger partial charge is 0.413 e. The Labute approximate surface area is 192 Å². The molecule has 31 heavy (non-hydrogen) atoms. The fourth-order valence-electron chi connectivity index (χ4n) is 6.18. The van der Waals surface area contributed by atoms with Gasteiger partial charge in [0, 0.05) is 19.6 Å². The quantitative estimate of drug-likeness (QED) is 0.276. The Morgan fingerprint density at radius 2 is 1.65 bits per heavy atom. The van der Waals surface area contributed by atoms with Gasteiger partial charge >= 0.3 is 0 Å². The van der Waals surface area contributed by atoms with Gasteiger partial charge in [0.15, 0.2) is 8.32 Å². The summed E-state index contributed by atoms with van der Waals surface area (Å²) in [6, 6.07) is 0. The first-order valence-corrected chi connectivity index (χ1v) is 15.1. The van der Waals surface area contributed by atoms with E-state index in [1.165, 1.54) is 0 Å². The summed E-state index contributed by atoms with van der Waals surface area (Å²) in [5, 5.41) is 10.7. The van der Waals surface area contributed by atoms with Crippen molar-refractivity contribution < 1.29 is 23.7 Å². The van der Waals surface area contributed by atoms with E-state index in [4.69, 9.17) is 18.6 Å². The Morgan fingerprint density at radius 1 is 1.00 bits per heavy atom. The number of rotatable bonds is 9. The molecule has 6 heteroatoms. The lowest BCUT2D eigenvalue weighted by Gasteiger charge is -2.64. The maximum absolute atomic E-state index is 10.5. The molecule has 0 aromatic heterocycles. The number of ether oxygens (including phenoxy) is 3. The lowest BCUT2D eigenvalue weighted by Crippen LogP contribution is -2.63. The molecule has 0 unspecified atom stereocenters. The van der Waals surface area contributed by atoms with Crippen LogP contribution in [0.4, 0.5) is 0 Å². The number of methoxy groups -OCH3 is 1. The van der Waals surface area contributed by atoms with Crippen LogP contribution in [0, 0.1) is 22.7 Å². The third-order valence-electron chi connectivity index (χ3n) is 9.26. The van der Waals surface area contributed by atoms with Crippen molar-refractivity contribution in [3.8, 4) is 0 Å². The van der Waals surface area contributed by atoms with E-state index in [1.54, 1.807) is 7.11 Å². The SMILES string of the molecule is COCCOCO[C@]1(C)CC[C@H]2C(C)(C)[C@@H](O[Si](C)(C)C(C)(C)C)CC[C@]2(C)[C@H]1CO. The molecule has 0 saturated heterocycles. The van der Waals surface area contributed by atoms with Gasteiger partial charge in [0.05, 0.1) is 24.9 Å². The van der Waals surface area contributed by atoms with Crippen molar-refractivity contribution in [2.45, 2.75) is 104 Å². The highest BCUT2D eigenvalue weighted by Crippen LogP contribution is 2.63. The van der Waals surface area contributed by atoms with Crippen LogP contribution in [0.15, 0.2) is 0 Å². The second-order valence-electron chi connectivity index (χ2n) is 12.5. The summed E-state index contributed by atoms with van der Waals surface area (Å²) in [6.45, 7) is 22.5. The molecule has 1 N–H and O–H groups in total. The lowest BCUT2D eigenvalue weighted by molar-refractivity contribution is -0.242. The molecule has 0 radical (unpaired) electrons. The molecule has 5 nitrogen and oxygen atoms in total. The van der Waals surface area contributed by atoms with Crippen LogP contribution in [-0.4, -0.2) is 58.9 Å². The van der Waals surface area contributed by atoms with E-state index in [0.717, 1.165) is 25.7 Å². The molecule has 0 aromatic carbocycles. The van der Waals surface area contributed by atoms with Crippen molar-refractivity contribution in [1.29, 1.82) is 0 Å². The molecule has 2 saturated carbocycles. The molecule has 0 amide bonds. The second-order valence-corrected chi connectivity index (χ2v) is 17.3. The standard InChI is InChI=1S/C25H50O5Si/c1-22(2,3)31(9,10)30-21-12-13-24(6)19(23(21,4)5)11-14-25(7,20(24)17-26)29-18-28-16-15-27-8/h19-21,26H,11-18H2,1-10H3/t19-,20+,21-,24-,25+/m0/s1. The predicted octanol–water partition coefficient (Wildman–Crippen LogP) is 5.62. The van der Waals surface area contributed by atoms with Crippen molar-refractivity contribution in [1.82, 2.24) is 0 Å². The summed E-state index contributed by atoms with van der Waals surface area (Å²) in [7, 11) is -0.176. The Balaban J connectivity index is 2.19. The number of hydrogen-bond acceptors (Lipinski definition) is 5. The van der Waals surface area contributed by atoms with Gasteiger partial charge in [-0.2, -0.15) is 0 Å². The normalized spacial score (nSPS) is 36.3. The zero-order valence-electron chi connectivity index (χ0n) is 22.0. The second kappa shape index (κ2) is 9.71. The third kappa shape index (κ3) is 5.41. The topological polar surface area (TPSA) is 57.2 Å². The fraction of sp³-hybridized carbons (Fsp3) is 1.00. The molecule has 2 aliphatic rings. The first-order valence-electron chi connectivity index (χ1n) is 12.1. The van der Waals surface area contributed by atoms with Crippen LogP contribution in [0.5, 0.6) is 0 Å². The highest BCUT2D eigenvalue weighted by Gasteiger charge is 2.61. The van der Waals surface area contributed by atoms with Crippen molar-refractivity contribution in [2.24, 2.45) is 22.7 Å². The minimum atomic E-state index is -1.85. The van der Waals surface area contributed by atoms with Crippen LogP contribution in [0.25, 0.3) is 0 Å². The first-order chi connectivity index (χ1) is 14.2. The van der Waals surface area contributed by atoms with Gasteiger partial charge in [-0.25, -0.2) is 0 Å². The zero-order valence-corrected chi connectivity index (χ0v) is 23.0. The van der Waals surface area contributed by atoms with E-state index in [2.05, 4.69) is 61.6 Å². The molecule has 0 heterocycles. The summed E-state index contributed by atoms with van der Waals surface area (Å²) < 4.78 is 23.9. The molecule has 5 atom stereocenters. The Bertz CT molecular complexity index is 587. The fourth-order valence-corrected chi connectivity index (χ4v) is 7.67. The molecular weight excluding hydrogens is 408 g/mol. The smallest absolute Gasteiger partial charge is 0.192 e. The average molecular weight is 459 g/mol. The minimum absolute atomic E-state index is 0.0189. The van der Waals surface area contributed by atoms with E-state index in [-0.39, 0.29) is 46.9 Å². The molecule has 0 aromatic rings. The Hall–Kier alpha value is 0.0169. The predicted molar refractivity (Wildman–Crippen MR) is 129 cm³/mol. The molecular formula is C25H50O5Si. The van der Waals surface area contributed by atoms with Gasteiger partial charge < -0.3 is 23.7 Å². The maximum atomic E-state index is 10.5. The van der Waals surface area contributed by atoms with E-state index in [0.29, 0.717) is 19.1 Å². The highest BCUT2D eigenvalue weighted by atomic mass is 28.4. The van der Waals surface area contributed by atoms with E-state index >= 15 is 0 Å². The third-order valence-corrected chi connectivity index (χ3v) is 13.7. The monoisotopic (exact) mass is 458 g/mol. The summed E-state index contributed by atoms with van der Waals surface area (Å²) in [4.78, 5) is 0. The number of aliphatic hydroxyl groups is 1. The molecule has 0 bridgehead atoms. The van der Waals surface area contributed by atoms with Crippen molar-refractivity contribution in [2.75, 3.05) is 33.7 Å². The van der Waals surface area contributed by atoms with Gasteiger partial charge in [0.2, 0.25) is 0 Å². The zero-order chi connectivity index (χ0) is 23.7. The molecule has 184 valence electrons. The van der Waals surface area contributed by atoms with Crippen LogP contribution < -0.4 is 0 Å². The minimum Gasteiger partial charge on any atom is -0.413 e. The van der Waals surface area contributed by atoms with E-state index in [9.17, 15) is 5.11 Å². The number of fused-ring (bicyclic) bond motifs is 1. The van der Waals surface area contributed by atoms with Crippen molar-refractivity contribution in [3.63, 3.8) is 0 Å². The molecule has 0 aliphatic heterocycles. The Morgan fingerprint density at radius 3 is 2.19 bits per heavy atom. The Kier molecular flexibility index (Phi) is 8.54. The van der Waals surface area contributed by atoms with Crippen LogP contribution in [0.3, 0.4) is 0 Å². The van der Waals surface area contributed by atoms with Crippen molar-refractivity contribution >= 4 is 8.32 Å². The average Bonchev–Trinajstić information content (AvgIpc) is 2.63. The van der Waals surface area contributed by atoms with Gasteiger partial charge in [-0.3, -0.25) is 0 Å².